The van der Waals surface area contributed by atoms with Gasteiger partial charge in [-0.2, -0.15) is 0 Å². The molecule has 0 amide bonds. The molecular formula is C14H12OS. The first kappa shape index (κ1) is 9.91. The molecule has 1 aromatic rings. The Hall–Kier alpha value is -1.28. The molecule has 16 heavy (non-hydrogen) atoms. The highest BCUT2D eigenvalue weighted by Crippen LogP contribution is 2.57. The largest absolute Gasteiger partial charge is 0.289 e. The Bertz CT molecular complexity index is 501. The molecule has 1 fully saturated rings. The molecule has 80 valence electrons. The summed E-state index contributed by atoms with van der Waals surface area (Å²) in [6, 6.07) is 9.46. The van der Waals surface area contributed by atoms with Gasteiger partial charge in [0, 0.05) is 21.1 Å². The lowest BCUT2D eigenvalue weighted by atomic mass is 9.94. The van der Waals surface area contributed by atoms with Gasteiger partial charge in [0.05, 0.1) is 0 Å². The van der Waals surface area contributed by atoms with Crippen LogP contribution >= 0.6 is 11.8 Å². The van der Waals surface area contributed by atoms with Crippen LogP contribution in [0.1, 0.15) is 17.3 Å². The van der Waals surface area contributed by atoms with Gasteiger partial charge < -0.3 is 0 Å². The third-order valence-electron chi connectivity index (χ3n) is 3.11. The van der Waals surface area contributed by atoms with E-state index in [0.717, 1.165) is 11.1 Å². The van der Waals surface area contributed by atoms with Crippen LogP contribution in [0.15, 0.2) is 54.1 Å². The fraction of sp³-hybridized carbons (Fsp3) is 0.214. The van der Waals surface area contributed by atoms with E-state index < -0.39 is 0 Å². The lowest BCUT2D eigenvalue weighted by Gasteiger charge is -2.08. The van der Waals surface area contributed by atoms with Crippen LogP contribution < -0.4 is 0 Å². The van der Waals surface area contributed by atoms with Gasteiger partial charge >= 0.3 is 0 Å². The number of hydrogen-bond donors (Lipinski definition) is 0. The van der Waals surface area contributed by atoms with E-state index in [1.807, 2.05) is 48.2 Å². The molecule has 1 nitrogen and oxygen atoms in total. The van der Waals surface area contributed by atoms with Crippen LogP contribution in [0, 0.1) is 0 Å². The van der Waals surface area contributed by atoms with Crippen LogP contribution in [0.3, 0.4) is 0 Å². The number of ketones is 1. The van der Waals surface area contributed by atoms with Crippen molar-refractivity contribution in [3.8, 4) is 0 Å². The normalized spacial score (nSPS) is 30.6. The van der Waals surface area contributed by atoms with E-state index in [1.54, 1.807) is 0 Å². The minimum absolute atomic E-state index is 0.131. The number of fused-ring (bicyclic) bond motifs is 1. The SMILES string of the molecule is CC12C=CC(C(=O)c3ccccc3)=CC1S2. The molecule has 0 spiro atoms. The average molecular weight is 228 g/mol. The number of thioether (sulfide) groups is 1. The van der Waals surface area contributed by atoms with E-state index in [4.69, 9.17) is 0 Å². The zero-order chi connectivity index (χ0) is 11.2. The molecule has 2 heteroatoms. The maximum atomic E-state index is 12.1. The number of allylic oxidation sites excluding steroid dienone is 2. The topological polar surface area (TPSA) is 17.1 Å². The van der Waals surface area contributed by atoms with Gasteiger partial charge in [-0.25, -0.2) is 0 Å². The lowest BCUT2D eigenvalue weighted by Crippen LogP contribution is -2.11. The molecular weight excluding hydrogens is 216 g/mol. The summed E-state index contributed by atoms with van der Waals surface area (Å²) in [5.41, 5.74) is 1.60. The Labute approximate surface area is 99.2 Å². The zero-order valence-corrected chi connectivity index (χ0v) is 9.83. The van der Waals surface area contributed by atoms with Gasteiger partial charge in [-0.05, 0) is 6.92 Å². The summed E-state index contributed by atoms with van der Waals surface area (Å²) in [5, 5.41) is 0.500. The van der Waals surface area contributed by atoms with E-state index in [1.165, 1.54) is 0 Å². The number of Topliss-reactive ketones (excluding diaryl/α,β-unsaturated/α-hetero) is 1. The van der Waals surface area contributed by atoms with E-state index in [-0.39, 0.29) is 10.5 Å². The van der Waals surface area contributed by atoms with Crippen molar-refractivity contribution in [3.05, 3.63) is 59.7 Å². The van der Waals surface area contributed by atoms with Gasteiger partial charge in [0.25, 0.3) is 0 Å². The molecule has 0 bridgehead atoms. The van der Waals surface area contributed by atoms with Crippen molar-refractivity contribution in [2.24, 2.45) is 0 Å². The molecule has 1 saturated heterocycles. The Morgan fingerprint density at radius 2 is 2.06 bits per heavy atom. The summed E-state index contributed by atoms with van der Waals surface area (Å²) in [5.74, 6) is 0.131. The highest BCUT2D eigenvalue weighted by Gasteiger charge is 2.49. The molecule has 0 radical (unpaired) electrons. The quantitative estimate of drug-likeness (QED) is 0.571. The molecule has 1 heterocycles. The fourth-order valence-corrected chi connectivity index (χ4v) is 2.94. The van der Waals surface area contributed by atoms with Gasteiger partial charge in [0.2, 0.25) is 0 Å². The van der Waals surface area contributed by atoms with E-state index in [0.29, 0.717) is 5.25 Å². The maximum Gasteiger partial charge on any atom is 0.192 e. The van der Waals surface area contributed by atoms with Crippen LogP contribution in [0.4, 0.5) is 0 Å². The maximum absolute atomic E-state index is 12.1. The molecule has 0 aromatic heterocycles. The predicted molar refractivity (Wildman–Crippen MR) is 67.8 cm³/mol. The molecule has 2 atom stereocenters. The monoisotopic (exact) mass is 228 g/mol. The molecule has 0 saturated carbocycles. The summed E-state index contributed by atoms with van der Waals surface area (Å²) in [6.07, 6.45) is 6.21. The Kier molecular flexibility index (Phi) is 2.08. The first-order valence-electron chi connectivity index (χ1n) is 5.38. The first-order valence-corrected chi connectivity index (χ1v) is 6.26. The molecule has 1 aliphatic heterocycles. The van der Waals surface area contributed by atoms with Crippen molar-refractivity contribution < 1.29 is 4.79 Å². The lowest BCUT2D eigenvalue weighted by molar-refractivity contribution is 0.103. The number of hydrogen-bond acceptors (Lipinski definition) is 2. The zero-order valence-electron chi connectivity index (χ0n) is 9.01. The number of carbonyl (C=O) groups excluding carboxylic acids is 1. The second kappa shape index (κ2) is 3.36. The summed E-state index contributed by atoms with van der Waals surface area (Å²) < 4.78 is 0.264. The molecule has 1 aliphatic carbocycles. The van der Waals surface area contributed by atoms with Gasteiger partial charge in [-0.1, -0.05) is 48.6 Å². The molecule has 2 aliphatic rings. The number of rotatable bonds is 2. The van der Waals surface area contributed by atoms with Crippen LogP contribution in [0.25, 0.3) is 0 Å². The standard InChI is InChI=1S/C14H12OS/c1-14-8-7-11(9-12(14)16-14)13(15)10-5-3-2-4-6-10/h2-9,12H,1H3. The van der Waals surface area contributed by atoms with Crippen molar-refractivity contribution in [2.75, 3.05) is 0 Å². The number of carbonyl (C=O) groups is 1. The Morgan fingerprint density at radius 3 is 2.75 bits per heavy atom. The van der Waals surface area contributed by atoms with Crippen molar-refractivity contribution in [1.29, 1.82) is 0 Å². The van der Waals surface area contributed by atoms with Crippen molar-refractivity contribution >= 4 is 17.5 Å². The van der Waals surface area contributed by atoms with Gasteiger partial charge in [0.15, 0.2) is 5.78 Å². The molecule has 3 rings (SSSR count). The Balaban J connectivity index is 1.88. The molecule has 2 unspecified atom stereocenters. The van der Waals surface area contributed by atoms with Gasteiger partial charge in [0.1, 0.15) is 0 Å². The number of benzene rings is 1. The van der Waals surface area contributed by atoms with Crippen molar-refractivity contribution in [1.82, 2.24) is 0 Å². The predicted octanol–water partition coefficient (Wildman–Crippen LogP) is 3.24. The van der Waals surface area contributed by atoms with E-state index in [2.05, 4.69) is 19.1 Å². The third-order valence-corrected chi connectivity index (χ3v) is 4.64. The summed E-state index contributed by atoms with van der Waals surface area (Å²) in [4.78, 5) is 12.1. The van der Waals surface area contributed by atoms with Gasteiger partial charge in [-0.3, -0.25) is 4.79 Å². The first-order chi connectivity index (χ1) is 7.69. The van der Waals surface area contributed by atoms with Crippen molar-refractivity contribution in [2.45, 2.75) is 16.9 Å². The summed E-state index contributed by atoms with van der Waals surface area (Å²) >= 11 is 1.90. The minimum Gasteiger partial charge on any atom is -0.289 e. The second-order valence-electron chi connectivity index (χ2n) is 4.37. The highest BCUT2D eigenvalue weighted by atomic mass is 32.2. The van der Waals surface area contributed by atoms with Crippen LogP contribution in [0.5, 0.6) is 0 Å². The van der Waals surface area contributed by atoms with Crippen LogP contribution in [-0.4, -0.2) is 15.8 Å². The summed E-state index contributed by atoms with van der Waals surface area (Å²) in [6.45, 7) is 2.21. The fourth-order valence-electron chi connectivity index (χ4n) is 1.95. The Morgan fingerprint density at radius 1 is 1.31 bits per heavy atom. The smallest absolute Gasteiger partial charge is 0.192 e. The van der Waals surface area contributed by atoms with Gasteiger partial charge in [-0.15, -0.1) is 11.8 Å². The third kappa shape index (κ3) is 1.54. The molecule has 1 aromatic carbocycles. The second-order valence-corrected chi connectivity index (χ2v) is 6.00. The highest BCUT2D eigenvalue weighted by molar-refractivity contribution is 8.09. The summed E-state index contributed by atoms with van der Waals surface area (Å²) in [7, 11) is 0. The van der Waals surface area contributed by atoms with Crippen LogP contribution in [-0.2, 0) is 0 Å². The van der Waals surface area contributed by atoms with Crippen molar-refractivity contribution in [3.63, 3.8) is 0 Å². The average Bonchev–Trinajstić information content (AvgIpc) is 3.00. The minimum atomic E-state index is 0.131. The van der Waals surface area contributed by atoms with E-state index >= 15 is 0 Å². The van der Waals surface area contributed by atoms with Crippen LogP contribution in [0.2, 0.25) is 0 Å². The van der Waals surface area contributed by atoms with E-state index in [9.17, 15) is 4.79 Å². The molecule has 0 N–H and O–H groups in total.